The monoisotopic (exact) mass is 419 g/mol. The quantitative estimate of drug-likeness (QED) is 0.446. The summed E-state index contributed by atoms with van der Waals surface area (Å²) in [4.78, 5) is 24.2. The molecule has 0 saturated heterocycles. The molecule has 0 atom stereocenters. The SMILES string of the molecule is COc1cccc(C(=O)N(Cc2cccnc2)c2nc3c(OC)ccc(C)c3s2)c1. The van der Waals surface area contributed by atoms with Crippen LogP contribution < -0.4 is 14.4 Å². The van der Waals surface area contributed by atoms with Crippen LogP contribution in [-0.2, 0) is 6.54 Å². The van der Waals surface area contributed by atoms with Crippen LogP contribution >= 0.6 is 11.3 Å². The van der Waals surface area contributed by atoms with E-state index in [4.69, 9.17) is 14.5 Å². The van der Waals surface area contributed by atoms with Crippen LogP contribution in [0.25, 0.3) is 10.2 Å². The molecular formula is C23H21N3O3S. The molecule has 0 bridgehead atoms. The fraction of sp³-hybridized carbons (Fsp3) is 0.174. The molecular weight excluding hydrogens is 398 g/mol. The van der Waals surface area contributed by atoms with Crippen LogP contribution in [0.5, 0.6) is 11.5 Å². The van der Waals surface area contributed by atoms with Crippen molar-refractivity contribution in [3.05, 3.63) is 77.6 Å². The lowest BCUT2D eigenvalue weighted by Crippen LogP contribution is -2.30. The fourth-order valence-electron chi connectivity index (χ4n) is 3.19. The van der Waals surface area contributed by atoms with Crippen molar-refractivity contribution in [1.29, 1.82) is 0 Å². The number of carbonyl (C=O) groups excluding carboxylic acids is 1. The third-order valence-electron chi connectivity index (χ3n) is 4.77. The van der Waals surface area contributed by atoms with Gasteiger partial charge < -0.3 is 9.47 Å². The number of methoxy groups -OCH3 is 2. The first-order valence-corrected chi connectivity index (χ1v) is 10.2. The Bertz CT molecular complexity index is 1190. The summed E-state index contributed by atoms with van der Waals surface area (Å²) in [5, 5.41) is 0.606. The second-order valence-corrected chi connectivity index (χ2v) is 7.72. The van der Waals surface area contributed by atoms with E-state index in [2.05, 4.69) is 4.98 Å². The first-order valence-electron chi connectivity index (χ1n) is 9.39. The van der Waals surface area contributed by atoms with Crippen molar-refractivity contribution in [3.63, 3.8) is 0 Å². The van der Waals surface area contributed by atoms with Crippen LogP contribution in [0, 0.1) is 6.92 Å². The minimum absolute atomic E-state index is 0.159. The van der Waals surface area contributed by atoms with Gasteiger partial charge in [-0.3, -0.25) is 14.7 Å². The predicted molar refractivity (Wildman–Crippen MR) is 119 cm³/mol. The van der Waals surface area contributed by atoms with Crippen LogP contribution in [0.3, 0.4) is 0 Å². The number of benzene rings is 2. The molecule has 2 aromatic heterocycles. The molecule has 0 saturated carbocycles. The zero-order valence-electron chi connectivity index (χ0n) is 17.0. The number of nitrogens with zero attached hydrogens (tertiary/aromatic N) is 3. The summed E-state index contributed by atoms with van der Waals surface area (Å²) in [5.74, 6) is 1.16. The van der Waals surface area contributed by atoms with E-state index in [1.807, 2.05) is 37.3 Å². The minimum Gasteiger partial charge on any atom is -0.497 e. The normalized spacial score (nSPS) is 10.8. The number of aryl methyl sites for hydroxylation is 1. The first-order chi connectivity index (χ1) is 14.6. The summed E-state index contributed by atoms with van der Waals surface area (Å²) < 4.78 is 11.8. The van der Waals surface area contributed by atoms with Gasteiger partial charge in [-0.1, -0.05) is 29.5 Å². The van der Waals surface area contributed by atoms with Gasteiger partial charge in [0.25, 0.3) is 5.91 Å². The van der Waals surface area contributed by atoms with Gasteiger partial charge in [0.1, 0.15) is 17.0 Å². The lowest BCUT2D eigenvalue weighted by molar-refractivity contribution is 0.0984. The number of pyridine rings is 1. The number of fused-ring (bicyclic) bond motifs is 1. The maximum Gasteiger partial charge on any atom is 0.260 e. The zero-order chi connectivity index (χ0) is 21.1. The Labute approximate surface area is 178 Å². The van der Waals surface area contributed by atoms with Gasteiger partial charge in [-0.25, -0.2) is 4.98 Å². The van der Waals surface area contributed by atoms with E-state index in [-0.39, 0.29) is 5.91 Å². The smallest absolute Gasteiger partial charge is 0.260 e. The van der Waals surface area contributed by atoms with Gasteiger partial charge in [-0.15, -0.1) is 0 Å². The number of aromatic nitrogens is 2. The van der Waals surface area contributed by atoms with Gasteiger partial charge in [-0.05, 0) is 48.4 Å². The van der Waals surface area contributed by atoms with E-state index >= 15 is 0 Å². The maximum absolute atomic E-state index is 13.5. The topological polar surface area (TPSA) is 64.5 Å². The van der Waals surface area contributed by atoms with Gasteiger partial charge >= 0.3 is 0 Å². The minimum atomic E-state index is -0.159. The molecule has 2 heterocycles. The van der Waals surface area contributed by atoms with E-state index < -0.39 is 0 Å². The Balaban J connectivity index is 1.82. The lowest BCUT2D eigenvalue weighted by atomic mass is 10.1. The molecule has 0 spiro atoms. The number of anilines is 1. The van der Waals surface area contributed by atoms with E-state index in [0.717, 1.165) is 21.3 Å². The third-order valence-corrected chi connectivity index (χ3v) is 5.98. The van der Waals surface area contributed by atoms with E-state index in [9.17, 15) is 4.79 Å². The fourth-order valence-corrected chi connectivity index (χ4v) is 4.24. The van der Waals surface area contributed by atoms with Crippen LogP contribution in [0.2, 0.25) is 0 Å². The summed E-state index contributed by atoms with van der Waals surface area (Å²) in [7, 11) is 3.21. The number of ether oxygens (including phenoxy) is 2. The molecule has 6 nitrogen and oxygen atoms in total. The molecule has 0 fully saturated rings. The summed E-state index contributed by atoms with van der Waals surface area (Å²) in [6.07, 6.45) is 3.47. The highest BCUT2D eigenvalue weighted by molar-refractivity contribution is 7.22. The van der Waals surface area contributed by atoms with Crippen molar-refractivity contribution >= 4 is 32.6 Å². The van der Waals surface area contributed by atoms with E-state index in [0.29, 0.717) is 28.7 Å². The van der Waals surface area contributed by atoms with E-state index in [1.54, 1.807) is 49.7 Å². The Morgan fingerprint density at radius 3 is 2.70 bits per heavy atom. The van der Waals surface area contributed by atoms with Gasteiger partial charge in [0.2, 0.25) is 0 Å². The number of hydrogen-bond donors (Lipinski definition) is 0. The summed E-state index contributed by atoms with van der Waals surface area (Å²) in [6, 6.07) is 14.8. The molecule has 1 amide bonds. The van der Waals surface area contributed by atoms with Gasteiger partial charge in [-0.2, -0.15) is 0 Å². The van der Waals surface area contributed by atoms with E-state index in [1.165, 1.54) is 11.3 Å². The van der Waals surface area contributed by atoms with Crippen molar-refractivity contribution in [2.45, 2.75) is 13.5 Å². The highest BCUT2D eigenvalue weighted by Gasteiger charge is 2.23. The molecule has 0 N–H and O–H groups in total. The van der Waals surface area contributed by atoms with Crippen LogP contribution in [-0.4, -0.2) is 30.1 Å². The molecule has 0 aliphatic heterocycles. The standard InChI is InChI=1S/C23H21N3O3S/c1-15-9-10-19(29-3)20-21(15)30-23(25-20)26(14-16-6-5-11-24-13-16)22(27)17-7-4-8-18(12-17)28-2/h4-13H,14H2,1-3H3. The average Bonchev–Trinajstić information content (AvgIpc) is 3.24. The molecule has 4 rings (SSSR count). The molecule has 4 aromatic rings. The van der Waals surface area contributed by atoms with Crippen molar-refractivity contribution in [2.24, 2.45) is 0 Å². The van der Waals surface area contributed by atoms with Crippen LogP contribution in [0.1, 0.15) is 21.5 Å². The molecule has 0 aliphatic carbocycles. The number of amides is 1. The van der Waals surface area contributed by atoms with Crippen LogP contribution in [0.15, 0.2) is 60.9 Å². The predicted octanol–water partition coefficient (Wildman–Crippen LogP) is 4.86. The Morgan fingerprint density at radius 1 is 1.10 bits per heavy atom. The van der Waals surface area contributed by atoms with Crippen molar-refractivity contribution in [1.82, 2.24) is 9.97 Å². The Morgan fingerprint density at radius 2 is 1.97 bits per heavy atom. The number of hydrogen-bond acceptors (Lipinski definition) is 6. The molecule has 2 aromatic carbocycles. The van der Waals surface area contributed by atoms with Crippen LogP contribution in [0.4, 0.5) is 5.13 Å². The largest absolute Gasteiger partial charge is 0.497 e. The number of thiazole rings is 1. The maximum atomic E-state index is 13.5. The Kier molecular flexibility index (Phi) is 5.63. The number of rotatable bonds is 6. The zero-order valence-corrected chi connectivity index (χ0v) is 17.8. The molecule has 152 valence electrons. The van der Waals surface area contributed by atoms with Gasteiger partial charge in [0, 0.05) is 18.0 Å². The third kappa shape index (κ3) is 3.84. The first kappa shape index (κ1) is 19.8. The second-order valence-electron chi connectivity index (χ2n) is 6.74. The Hall–Kier alpha value is -3.45. The summed E-state index contributed by atoms with van der Waals surface area (Å²) in [6.45, 7) is 2.38. The highest BCUT2D eigenvalue weighted by Crippen LogP contribution is 2.37. The molecule has 0 radical (unpaired) electrons. The average molecular weight is 420 g/mol. The molecule has 0 aliphatic rings. The number of carbonyl (C=O) groups is 1. The molecule has 7 heteroatoms. The summed E-state index contributed by atoms with van der Waals surface area (Å²) >= 11 is 1.48. The van der Waals surface area contributed by atoms with Crippen molar-refractivity contribution in [3.8, 4) is 11.5 Å². The molecule has 30 heavy (non-hydrogen) atoms. The van der Waals surface area contributed by atoms with Gasteiger partial charge in [0.15, 0.2) is 5.13 Å². The lowest BCUT2D eigenvalue weighted by Gasteiger charge is -2.20. The highest BCUT2D eigenvalue weighted by atomic mass is 32.1. The van der Waals surface area contributed by atoms with Crippen molar-refractivity contribution in [2.75, 3.05) is 19.1 Å². The second kappa shape index (κ2) is 8.51. The summed E-state index contributed by atoms with van der Waals surface area (Å²) in [5.41, 5.74) is 3.29. The van der Waals surface area contributed by atoms with Crippen molar-refractivity contribution < 1.29 is 14.3 Å². The molecule has 0 unspecified atom stereocenters. The van der Waals surface area contributed by atoms with Gasteiger partial charge in [0.05, 0.1) is 25.5 Å².